The van der Waals surface area contributed by atoms with Crippen LogP contribution in [0.5, 0.6) is 0 Å². The zero-order valence-corrected chi connectivity index (χ0v) is 15.5. The predicted octanol–water partition coefficient (Wildman–Crippen LogP) is 3.50. The molecule has 2 aromatic rings. The maximum absolute atomic E-state index is 12.7. The van der Waals surface area contributed by atoms with Gasteiger partial charge in [-0.15, -0.1) is 0 Å². The van der Waals surface area contributed by atoms with Crippen LogP contribution >= 0.6 is 0 Å². The summed E-state index contributed by atoms with van der Waals surface area (Å²) in [5.74, 6) is -0.980. The van der Waals surface area contributed by atoms with E-state index in [0.717, 1.165) is 12.8 Å². The van der Waals surface area contributed by atoms with Crippen LogP contribution in [-0.4, -0.2) is 54.5 Å². The summed E-state index contributed by atoms with van der Waals surface area (Å²) in [6, 6.07) is 16.3. The molecule has 0 aromatic heterocycles. The number of carbonyl (C=O) groups is 2. The van der Waals surface area contributed by atoms with Gasteiger partial charge in [0.1, 0.15) is 13.2 Å². The van der Waals surface area contributed by atoms with E-state index in [2.05, 4.69) is 24.3 Å². The van der Waals surface area contributed by atoms with Gasteiger partial charge in [0, 0.05) is 12.5 Å². The zero-order valence-electron chi connectivity index (χ0n) is 15.5. The number of nitrogens with zero attached hydrogens (tertiary/aromatic N) is 1. The molecular weight excluding hydrogens is 358 g/mol. The van der Waals surface area contributed by atoms with Crippen LogP contribution in [0.15, 0.2) is 48.5 Å². The normalized spacial score (nSPS) is 18.0. The molecule has 28 heavy (non-hydrogen) atoms. The van der Waals surface area contributed by atoms with E-state index >= 15 is 0 Å². The molecule has 0 saturated carbocycles. The summed E-state index contributed by atoms with van der Waals surface area (Å²) in [6.45, 7) is 0.759. The van der Waals surface area contributed by atoms with Gasteiger partial charge in [-0.05, 0) is 35.1 Å². The van der Waals surface area contributed by atoms with Gasteiger partial charge in [0.2, 0.25) is 0 Å². The topological polar surface area (TPSA) is 76.1 Å². The van der Waals surface area contributed by atoms with Gasteiger partial charge in [-0.25, -0.2) is 9.59 Å². The number of fused-ring (bicyclic) bond motifs is 3. The van der Waals surface area contributed by atoms with Crippen LogP contribution in [0, 0.1) is 0 Å². The summed E-state index contributed by atoms with van der Waals surface area (Å²) in [7, 11) is 0. The van der Waals surface area contributed by atoms with Crippen LogP contribution in [-0.2, 0) is 14.3 Å². The summed E-state index contributed by atoms with van der Waals surface area (Å²) in [6.07, 6.45) is 1.30. The molecule has 1 N–H and O–H groups in total. The minimum Gasteiger partial charge on any atom is -0.480 e. The molecule has 1 aliphatic heterocycles. The lowest BCUT2D eigenvalue weighted by atomic mass is 9.98. The van der Waals surface area contributed by atoms with Crippen molar-refractivity contribution in [1.29, 1.82) is 0 Å². The average molecular weight is 381 g/mol. The van der Waals surface area contributed by atoms with Crippen molar-refractivity contribution in [2.45, 2.75) is 24.8 Å². The second kappa shape index (κ2) is 8.02. The summed E-state index contributed by atoms with van der Waals surface area (Å²) in [4.78, 5) is 24.9. The Morgan fingerprint density at radius 2 is 1.64 bits per heavy atom. The number of amides is 1. The maximum atomic E-state index is 12.7. The standard InChI is InChI=1S/C22H23NO5/c24-21(25)14-27-12-15-6-5-11-23(15)22(26)28-13-20-18-9-3-1-7-16(18)17-8-2-4-10-19(17)20/h1-4,7-10,15,20H,5-6,11-14H2,(H,24,25)/t15-/m1/s1. The Labute approximate surface area is 163 Å². The van der Waals surface area contributed by atoms with E-state index < -0.39 is 5.97 Å². The van der Waals surface area contributed by atoms with E-state index in [-0.39, 0.29) is 37.9 Å². The third kappa shape index (κ3) is 3.60. The Kier molecular flexibility index (Phi) is 5.30. The van der Waals surface area contributed by atoms with E-state index in [4.69, 9.17) is 14.6 Å². The fourth-order valence-electron chi connectivity index (χ4n) is 4.21. The van der Waals surface area contributed by atoms with Crippen molar-refractivity contribution < 1.29 is 24.2 Å². The summed E-state index contributed by atoms with van der Waals surface area (Å²) >= 11 is 0. The molecule has 1 fully saturated rings. The Bertz CT molecular complexity index is 835. The number of carboxylic acid groups (broad SMARTS) is 1. The predicted molar refractivity (Wildman–Crippen MR) is 103 cm³/mol. The molecule has 0 unspecified atom stereocenters. The number of carboxylic acids is 1. The van der Waals surface area contributed by atoms with E-state index in [0.29, 0.717) is 6.54 Å². The van der Waals surface area contributed by atoms with Gasteiger partial charge in [0.25, 0.3) is 0 Å². The monoisotopic (exact) mass is 381 g/mol. The molecule has 1 heterocycles. The number of likely N-dealkylation sites (tertiary alicyclic amines) is 1. The summed E-state index contributed by atoms with van der Waals surface area (Å²) in [5.41, 5.74) is 4.75. The number of rotatable bonds is 6. The molecule has 0 bridgehead atoms. The second-order valence-corrected chi connectivity index (χ2v) is 7.20. The van der Waals surface area contributed by atoms with Crippen molar-refractivity contribution >= 4 is 12.1 Å². The van der Waals surface area contributed by atoms with E-state index in [9.17, 15) is 9.59 Å². The molecule has 1 saturated heterocycles. The molecule has 0 radical (unpaired) electrons. The number of benzene rings is 2. The molecule has 146 valence electrons. The third-order valence-electron chi connectivity index (χ3n) is 5.48. The Balaban J connectivity index is 1.41. The van der Waals surface area contributed by atoms with Crippen molar-refractivity contribution in [1.82, 2.24) is 4.90 Å². The van der Waals surface area contributed by atoms with Crippen LogP contribution in [0.2, 0.25) is 0 Å². The SMILES string of the molecule is O=C(O)COC[C@H]1CCCN1C(=O)OCC1c2ccccc2-c2ccccc21. The molecule has 4 rings (SSSR count). The van der Waals surface area contributed by atoms with Gasteiger partial charge in [-0.3, -0.25) is 0 Å². The number of carbonyl (C=O) groups excluding carboxylic acids is 1. The van der Waals surface area contributed by atoms with Gasteiger partial charge in [0.15, 0.2) is 0 Å². The lowest BCUT2D eigenvalue weighted by Gasteiger charge is -2.24. The summed E-state index contributed by atoms with van der Waals surface area (Å²) in [5, 5.41) is 8.70. The molecule has 2 aliphatic rings. The number of ether oxygens (including phenoxy) is 2. The lowest BCUT2D eigenvalue weighted by Crippen LogP contribution is -2.39. The molecule has 2 aromatic carbocycles. The number of hydrogen-bond donors (Lipinski definition) is 1. The maximum Gasteiger partial charge on any atom is 0.410 e. The van der Waals surface area contributed by atoms with Gasteiger partial charge in [0.05, 0.1) is 12.6 Å². The Hall–Kier alpha value is -2.86. The Morgan fingerprint density at radius 3 is 2.29 bits per heavy atom. The minimum atomic E-state index is -1.01. The highest BCUT2D eigenvalue weighted by Crippen LogP contribution is 2.44. The molecular formula is C22H23NO5. The highest BCUT2D eigenvalue weighted by atomic mass is 16.6. The van der Waals surface area contributed by atoms with Crippen molar-refractivity contribution in [3.05, 3.63) is 59.7 Å². The van der Waals surface area contributed by atoms with Crippen molar-refractivity contribution in [3.8, 4) is 11.1 Å². The van der Waals surface area contributed by atoms with Crippen LogP contribution in [0.1, 0.15) is 29.9 Å². The highest BCUT2D eigenvalue weighted by molar-refractivity contribution is 5.79. The molecule has 1 aliphatic carbocycles. The molecule has 6 nitrogen and oxygen atoms in total. The Morgan fingerprint density at radius 1 is 1.00 bits per heavy atom. The smallest absolute Gasteiger partial charge is 0.410 e. The fraction of sp³-hybridized carbons (Fsp3) is 0.364. The first-order chi connectivity index (χ1) is 13.6. The fourth-order valence-corrected chi connectivity index (χ4v) is 4.21. The van der Waals surface area contributed by atoms with Crippen LogP contribution < -0.4 is 0 Å². The second-order valence-electron chi connectivity index (χ2n) is 7.20. The van der Waals surface area contributed by atoms with E-state index in [1.165, 1.54) is 22.3 Å². The number of aliphatic carboxylic acids is 1. The van der Waals surface area contributed by atoms with Gasteiger partial charge >= 0.3 is 12.1 Å². The highest BCUT2D eigenvalue weighted by Gasteiger charge is 2.33. The van der Waals surface area contributed by atoms with Gasteiger partial charge in [-0.1, -0.05) is 48.5 Å². The molecule has 1 amide bonds. The first-order valence-corrected chi connectivity index (χ1v) is 9.56. The molecule has 6 heteroatoms. The van der Waals surface area contributed by atoms with Gasteiger partial charge in [-0.2, -0.15) is 0 Å². The third-order valence-corrected chi connectivity index (χ3v) is 5.48. The van der Waals surface area contributed by atoms with Crippen molar-refractivity contribution in [2.24, 2.45) is 0 Å². The van der Waals surface area contributed by atoms with Crippen molar-refractivity contribution in [2.75, 3.05) is 26.4 Å². The minimum absolute atomic E-state index is 0.0284. The number of hydrogen-bond acceptors (Lipinski definition) is 4. The van der Waals surface area contributed by atoms with E-state index in [1.807, 2.05) is 24.3 Å². The zero-order chi connectivity index (χ0) is 19.5. The largest absolute Gasteiger partial charge is 0.480 e. The van der Waals surface area contributed by atoms with Crippen LogP contribution in [0.3, 0.4) is 0 Å². The first kappa shape index (κ1) is 18.5. The van der Waals surface area contributed by atoms with Crippen molar-refractivity contribution in [3.63, 3.8) is 0 Å². The average Bonchev–Trinajstić information content (AvgIpc) is 3.29. The quantitative estimate of drug-likeness (QED) is 0.829. The first-order valence-electron chi connectivity index (χ1n) is 9.56. The molecule has 0 spiro atoms. The lowest BCUT2D eigenvalue weighted by molar-refractivity contribution is -0.142. The van der Waals surface area contributed by atoms with E-state index in [1.54, 1.807) is 4.90 Å². The molecule has 1 atom stereocenters. The van der Waals surface area contributed by atoms with Crippen LogP contribution in [0.4, 0.5) is 4.79 Å². The van der Waals surface area contributed by atoms with Gasteiger partial charge < -0.3 is 19.5 Å². The summed E-state index contributed by atoms with van der Waals surface area (Å²) < 4.78 is 10.9. The van der Waals surface area contributed by atoms with Crippen LogP contribution in [0.25, 0.3) is 11.1 Å².